The molecule has 0 bridgehead atoms. The summed E-state index contributed by atoms with van der Waals surface area (Å²) >= 11 is 0. The fraction of sp³-hybridized carbons (Fsp3) is 0.333. The summed E-state index contributed by atoms with van der Waals surface area (Å²) in [4.78, 5) is 23.0. The first kappa shape index (κ1) is 17.7. The number of nitrogens with one attached hydrogen (secondary N) is 1. The SMILES string of the molecule is CC[C@@H]1Cn2c(c3nc(-c4cc(C)nn4C)nc-3n(Cc3ccccc3)c2=O)N1. The Morgan fingerprint density at radius 1 is 1.21 bits per heavy atom. The van der Waals surface area contributed by atoms with E-state index in [1.54, 1.807) is 13.8 Å². The summed E-state index contributed by atoms with van der Waals surface area (Å²) in [7, 11) is 1.88. The van der Waals surface area contributed by atoms with E-state index in [1.807, 2.05) is 50.4 Å². The zero-order chi connectivity index (χ0) is 20.1. The van der Waals surface area contributed by atoms with Crippen LogP contribution in [0.25, 0.3) is 23.0 Å². The highest BCUT2D eigenvalue weighted by Crippen LogP contribution is 2.33. The van der Waals surface area contributed by atoms with Crippen LogP contribution >= 0.6 is 0 Å². The third-order valence-electron chi connectivity index (χ3n) is 5.50. The number of nitrogens with zero attached hydrogens (tertiary/aromatic N) is 6. The molecule has 0 saturated heterocycles. The Hall–Kier alpha value is -3.42. The largest absolute Gasteiger partial charge is 0.365 e. The van der Waals surface area contributed by atoms with Crippen molar-refractivity contribution in [3.63, 3.8) is 0 Å². The zero-order valence-corrected chi connectivity index (χ0v) is 16.8. The molecule has 0 fully saturated rings. The number of rotatable bonds is 4. The molecule has 148 valence electrons. The Morgan fingerprint density at radius 3 is 2.69 bits per heavy atom. The molecule has 0 saturated carbocycles. The summed E-state index contributed by atoms with van der Waals surface area (Å²) in [5.74, 6) is 1.95. The smallest absolute Gasteiger partial charge is 0.331 e. The van der Waals surface area contributed by atoms with Gasteiger partial charge in [-0.2, -0.15) is 5.10 Å². The molecular weight excluding hydrogens is 366 g/mol. The van der Waals surface area contributed by atoms with E-state index < -0.39 is 0 Å². The van der Waals surface area contributed by atoms with Crippen LogP contribution in [0.1, 0.15) is 24.6 Å². The lowest BCUT2D eigenvalue weighted by Gasteiger charge is -2.14. The maximum atomic E-state index is 13.4. The van der Waals surface area contributed by atoms with E-state index >= 15 is 0 Å². The third-order valence-corrected chi connectivity index (χ3v) is 5.50. The summed E-state index contributed by atoms with van der Waals surface area (Å²) in [6, 6.07) is 12.2. The highest BCUT2D eigenvalue weighted by molar-refractivity contribution is 5.73. The van der Waals surface area contributed by atoms with Crippen LogP contribution in [0.2, 0.25) is 0 Å². The van der Waals surface area contributed by atoms with E-state index in [1.165, 1.54) is 0 Å². The molecule has 0 aliphatic carbocycles. The molecule has 3 aliphatic rings. The van der Waals surface area contributed by atoms with E-state index in [4.69, 9.17) is 9.97 Å². The van der Waals surface area contributed by atoms with Crippen LogP contribution in [0.15, 0.2) is 41.2 Å². The number of aryl methyl sites for hydroxylation is 2. The van der Waals surface area contributed by atoms with Crippen LogP contribution in [-0.2, 0) is 20.1 Å². The molecule has 29 heavy (non-hydrogen) atoms. The van der Waals surface area contributed by atoms with Crippen molar-refractivity contribution in [3.05, 3.63) is 58.1 Å². The number of hydrogen-bond acceptors (Lipinski definition) is 5. The Balaban J connectivity index is 1.73. The molecule has 0 unspecified atom stereocenters. The zero-order valence-electron chi connectivity index (χ0n) is 16.8. The van der Waals surface area contributed by atoms with Gasteiger partial charge in [-0.05, 0) is 25.0 Å². The van der Waals surface area contributed by atoms with E-state index in [9.17, 15) is 4.79 Å². The highest BCUT2D eigenvalue weighted by atomic mass is 16.1. The molecule has 8 heteroatoms. The standard InChI is InChI=1S/C21H23N7O/c1-4-15-12-28-19(22-15)17-20(24-18(23-17)16-10-13(2)25-26(16)3)27(21(28)29)11-14-8-6-5-7-9-14/h5-10,15,22H,4,11-12H2,1-3H3/t15-/m1/s1. The number of anilines is 1. The number of fused-ring (bicyclic) bond motifs is 3. The molecule has 8 nitrogen and oxygen atoms in total. The van der Waals surface area contributed by atoms with Gasteiger partial charge in [0.1, 0.15) is 17.2 Å². The predicted octanol–water partition coefficient (Wildman–Crippen LogP) is 2.51. The van der Waals surface area contributed by atoms with Crippen molar-refractivity contribution in [2.45, 2.75) is 39.4 Å². The minimum Gasteiger partial charge on any atom is -0.365 e. The van der Waals surface area contributed by atoms with Gasteiger partial charge in [-0.1, -0.05) is 37.3 Å². The molecule has 0 spiro atoms. The number of benzene rings is 1. The monoisotopic (exact) mass is 389 g/mol. The molecule has 1 aromatic heterocycles. The van der Waals surface area contributed by atoms with Gasteiger partial charge in [0.05, 0.1) is 12.2 Å². The number of imidazole rings is 1. The fourth-order valence-corrected chi connectivity index (χ4v) is 3.99. The van der Waals surface area contributed by atoms with Crippen LogP contribution in [0.4, 0.5) is 5.82 Å². The van der Waals surface area contributed by atoms with Crippen molar-refractivity contribution in [2.75, 3.05) is 5.32 Å². The lowest BCUT2D eigenvalue weighted by Crippen LogP contribution is -2.32. The quantitative estimate of drug-likeness (QED) is 0.580. The van der Waals surface area contributed by atoms with Gasteiger partial charge in [0, 0.05) is 19.6 Å². The maximum absolute atomic E-state index is 13.4. The average Bonchev–Trinajstić information content (AvgIpc) is 3.42. The topological polar surface area (TPSA) is 82.6 Å². The van der Waals surface area contributed by atoms with Crippen LogP contribution in [0, 0.1) is 6.92 Å². The predicted molar refractivity (Wildman–Crippen MR) is 111 cm³/mol. The average molecular weight is 389 g/mol. The van der Waals surface area contributed by atoms with Crippen molar-refractivity contribution < 1.29 is 0 Å². The van der Waals surface area contributed by atoms with Crippen molar-refractivity contribution >= 4 is 5.82 Å². The Kier molecular flexibility index (Phi) is 4.01. The van der Waals surface area contributed by atoms with E-state index in [2.05, 4.69) is 17.3 Å². The first-order valence-corrected chi connectivity index (χ1v) is 9.87. The number of aromatic nitrogens is 6. The van der Waals surface area contributed by atoms with E-state index in [0.717, 1.165) is 34.9 Å². The first-order valence-electron chi connectivity index (χ1n) is 9.87. The maximum Gasteiger partial charge on any atom is 0.331 e. The van der Waals surface area contributed by atoms with Crippen LogP contribution in [0.5, 0.6) is 0 Å². The summed E-state index contributed by atoms with van der Waals surface area (Å²) in [6.45, 7) is 5.15. The van der Waals surface area contributed by atoms with Gasteiger partial charge in [-0.25, -0.2) is 14.8 Å². The lowest BCUT2D eigenvalue weighted by atomic mass is 10.2. The lowest BCUT2D eigenvalue weighted by molar-refractivity contribution is 0.579. The molecule has 2 aromatic rings. The van der Waals surface area contributed by atoms with Gasteiger partial charge in [-0.15, -0.1) is 0 Å². The molecular formula is C21H23N7O. The molecule has 4 heterocycles. The van der Waals surface area contributed by atoms with Crippen molar-refractivity contribution in [3.8, 4) is 23.0 Å². The molecule has 0 radical (unpaired) electrons. The molecule has 1 N–H and O–H groups in total. The molecule has 1 aromatic carbocycles. The van der Waals surface area contributed by atoms with E-state index in [-0.39, 0.29) is 11.7 Å². The molecule has 1 atom stereocenters. The van der Waals surface area contributed by atoms with Gasteiger partial charge in [0.2, 0.25) is 0 Å². The number of hydrogen-bond donors (Lipinski definition) is 1. The third kappa shape index (κ3) is 2.83. The van der Waals surface area contributed by atoms with Crippen LogP contribution in [-0.4, -0.2) is 34.9 Å². The second kappa shape index (κ2) is 6.58. The van der Waals surface area contributed by atoms with E-state index in [0.29, 0.717) is 24.7 Å². The van der Waals surface area contributed by atoms with Crippen molar-refractivity contribution in [1.82, 2.24) is 28.9 Å². The first-order chi connectivity index (χ1) is 14.0. The minimum atomic E-state index is -0.0626. The minimum absolute atomic E-state index is 0.0626. The van der Waals surface area contributed by atoms with Crippen LogP contribution < -0.4 is 11.0 Å². The summed E-state index contributed by atoms with van der Waals surface area (Å²) < 4.78 is 5.30. The summed E-state index contributed by atoms with van der Waals surface area (Å²) in [5, 5.41) is 7.88. The molecule has 0 amide bonds. The molecule has 5 rings (SSSR count). The second-order valence-corrected chi connectivity index (χ2v) is 7.58. The second-order valence-electron chi connectivity index (χ2n) is 7.58. The van der Waals surface area contributed by atoms with Crippen molar-refractivity contribution in [1.29, 1.82) is 0 Å². The van der Waals surface area contributed by atoms with Gasteiger partial charge < -0.3 is 5.32 Å². The Bertz CT molecular complexity index is 1220. The van der Waals surface area contributed by atoms with Crippen LogP contribution in [0.3, 0.4) is 0 Å². The molecule has 3 aliphatic heterocycles. The normalized spacial score (nSPS) is 15.6. The van der Waals surface area contributed by atoms with Gasteiger partial charge in [0.15, 0.2) is 11.6 Å². The highest BCUT2D eigenvalue weighted by Gasteiger charge is 2.31. The Morgan fingerprint density at radius 2 is 2.00 bits per heavy atom. The summed E-state index contributed by atoms with van der Waals surface area (Å²) in [6.07, 6.45) is 0.934. The van der Waals surface area contributed by atoms with Crippen molar-refractivity contribution in [2.24, 2.45) is 7.05 Å². The Labute approximate surface area is 168 Å². The van der Waals surface area contributed by atoms with Gasteiger partial charge >= 0.3 is 5.69 Å². The van der Waals surface area contributed by atoms with Gasteiger partial charge in [-0.3, -0.25) is 13.8 Å². The fourth-order valence-electron chi connectivity index (χ4n) is 3.99. The van der Waals surface area contributed by atoms with Gasteiger partial charge in [0.25, 0.3) is 0 Å². The summed E-state index contributed by atoms with van der Waals surface area (Å²) in [5.41, 5.74) is 3.45.